The van der Waals surface area contributed by atoms with Gasteiger partial charge in [0.2, 0.25) is 0 Å². The minimum atomic E-state index is -4.46. The number of halogens is 1. The first-order chi connectivity index (χ1) is 7.89. The summed E-state index contributed by atoms with van der Waals surface area (Å²) in [4.78, 5) is 18.0. The second-order valence-electron chi connectivity index (χ2n) is 3.46. The van der Waals surface area contributed by atoms with E-state index in [1.54, 1.807) is 24.3 Å². The first kappa shape index (κ1) is 12.4. The normalized spacial score (nSPS) is 20.1. The van der Waals surface area contributed by atoms with Crippen LogP contribution >= 0.6 is 19.2 Å². The van der Waals surface area contributed by atoms with Crippen molar-refractivity contribution in [2.45, 2.75) is 6.23 Å². The summed E-state index contributed by atoms with van der Waals surface area (Å²) in [7, 11) is -4.46. The Labute approximate surface area is 102 Å². The number of aliphatic hydroxyl groups excluding tert-OH is 1. The monoisotopic (exact) mass is 276 g/mol. The lowest BCUT2D eigenvalue weighted by atomic mass is 10.3. The summed E-state index contributed by atoms with van der Waals surface area (Å²) in [6.45, 7) is 0. The van der Waals surface area contributed by atoms with Crippen LogP contribution in [-0.4, -0.2) is 21.1 Å². The van der Waals surface area contributed by atoms with E-state index in [1.807, 2.05) is 0 Å². The molecule has 0 saturated heterocycles. The van der Waals surface area contributed by atoms with Crippen molar-refractivity contribution in [3.05, 3.63) is 40.8 Å². The fraction of sp³-hybridized carbons (Fsp3) is 0.111. The molecule has 1 atom stereocenters. The van der Waals surface area contributed by atoms with Gasteiger partial charge in [-0.25, -0.2) is 0 Å². The number of aliphatic hydroxyl groups is 1. The number of hydrogen-bond acceptors (Lipinski definition) is 4. The minimum absolute atomic E-state index is 0.368. The number of benzene rings is 1. The highest BCUT2D eigenvalue weighted by Gasteiger charge is 2.36. The number of hydrazine groups is 1. The lowest BCUT2D eigenvalue weighted by Crippen LogP contribution is -2.38. The number of hydrogen-bond donors (Lipinski definition) is 4. The van der Waals surface area contributed by atoms with E-state index < -0.39 is 13.8 Å². The van der Waals surface area contributed by atoms with Crippen molar-refractivity contribution in [3.8, 4) is 0 Å². The maximum absolute atomic E-state index is 11.1. The molecule has 2 rings (SSSR count). The average molecular weight is 277 g/mol. The molecule has 0 aliphatic carbocycles. The number of nitrogens with one attached hydrogen (secondary N) is 1. The predicted molar refractivity (Wildman–Crippen MR) is 63.2 cm³/mol. The van der Waals surface area contributed by atoms with E-state index in [9.17, 15) is 9.67 Å². The Morgan fingerprint density at radius 1 is 1.29 bits per heavy atom. The Balaban J connectivity index is 2.23. The first-order valence-electron chi connectivity index (χ1n) is 4.65. The maximum Gasteiger partial charge on any atom is 0.358 e. The van der Waals surface area contributed by atoms with Gasteiger partial charge in [-0.3, -0.25) is 9.57 Å². The van der Waals surface area contributed by atoms with Crippen LogP contribution in [0.1, 0.15) is 0 Å². The number of nitrogens with zero attached hydrogens (tertiary/aromatic N) is 1. The van der Waals surface area contributed by atoms with Crippen molar-refractivity contribution in [3.63, 3.8) is 0 Å². The van der Waals surface area contributed by atoms with Gasteiger partial charge in [0.1, 0.15) is 5.31 Å². The van der Waals surface area contributed by atoms with E-state index >= 15 is 0 Å². The highest BCUT2D eigenvalue weighted by atomic mass is 35.5. The third-order valence-electron chi connectivity index (χ3n) is 2.30. The molecule has 1 aromatic rings. The third-order valence-corrected chi connectivity index (χ3v) is 3.59. The second-order valence-corrected chi connectivity index (χ2v) is 5.50. The summed E-state index contributed by atoms with van der Waals surface area (Å²) < 4.78 is 11.1. The van der Waals surface area contributed by atoms with Gasteiger partial charge < -0.3 is 20.3 Å². The summed E-state index contributed by atoms with van der Waals surface area (Å²) in [5, 5.41) is 11.2. The van der Waals surface area contributed by atoms with Crippen molar-refractivity contribution < 1.29 is 19.5 Å². The van der Waals surface area contributed by atoms with Crippen LogP contribution in [0.3, 0.4) is 0 Å². The van der Waals surface area contributed by atoms with E-state index in [1.165, 1.54) is 5.01 Å². The van der Waals surface area contributed by atoms with Gasteiger partial charge in [0, 0.05) is 11.2 Å². The fourth-order valence-corrected chi connectivity index (χ4v) is 2.23. The molecule has 1 aliphatic rings. The Hall–Kier alpha value is -1.04. The van der Waals surface area contributed by atoms with Gasteiger partial charge in [0.15, 0.2) is 6.23 Å². The van der Waals surface area contributed by atoms with Gasteiger partial charge in [-0.1, -0.05) is 11.6 Å². The van der Waals surface area contributed by atoms with Crippen molar-refractivity contribution in [2.75, 3.05) is 5.01 Å². The number of rotatable bonds is 2. The fourth-order valence-electron chi connectivity index (χ4n) is 1.47. The van der Waals surface area contributed by atoms with Gasteiger partial charge in [-0.2, -0.15) is 0 Å². The van der Waals surface area contributed by atoms with E-state index in [2.05, 4.69) is 5.43 Å². The summed E-state index contributed by atoms with van der Waals surface area (Å²) in [5.41, 5.74) is 3.13. The highest BCUT2D eigenvalue weighted by molar-refractivity contribution is 7.56. The lowest BCUT2D eigenvalue weighted by molar-refractivity contribution is 0.209. The SMILES string of the molecule is O=P(O)(O)C1=CNN(c2ccc(Cl)cc2)C1O. The summed E-state index contributed by atoms with van der Waals surface area (Å²) in [5.74, 6) is 0. The second kappa shape index (κ2) is 4.33. The van der Waals surface area contributed by atoms with Crippen molar-refractivity contribution >= 4 is 24.9 Å². The lowest BCUT2D eigenvalue weighted by Gasteiger charge is -2.24. The van der Waals surface area contributed by atoms with E-state index in [-0.39, 0.29) is 5.31 Å². The first-order valence-corrected chi connectivity index (χ1v) is 6.64. The topological polar surface area (TPSA) is 93.0 Å². The molecule has 92 valence electrons. The molecule has 1 aromatic carbocycles. The molecule has 8 heteroatoms. The zero-order valence-corrected chi connectivity index (χ0v) is 10.1. The molecule has 4 N–H and O–H groups in total. The van der Waals surface area contributed by atoms with Crippen LogP contribution < -0.4 is 10.4 Å². The molecular weight excluding hydrogens is 267 g/mol. The standard InChI is InChI=1S/C9H10ClN2O4P/c10-6-1-3-7(4-2-6)12-9(13)8(5-11-12)17(14,15)16/h1-5,9,11,13H,(H2,14,15,16). The quantitative estimate of drug-likeness (QED) is 0.602. The molecule has 0 aromatic heterocycles. The molecule has 6 nitrogen and oxygen atoms in total. The maximum atomic E-state index is 11.1. The predicted octanol–water partition coefficient (Wildman–Crippen LogP) is 1.00. The zero-order valence-electron chi connectivity index (χ0n) is 8.49. The molecule has 0 fully saturated rings. The summed E-state index contributed by atoms with van der Waals surface area (Å²) in [6.07, 6.45) is -0.308. The Morgan fingerprint density at radius 2 is 1.88 bits per heavy atom. The largest absolute Gasteiger partial charge is 0.367 e. The molecule has 1 unspecified atom stereocenters. The molecule has 17 heavy (non-hydrogen) atoms. The van der Waals surface area contributed by atoms with Crippen LogP contribution in [0.15, 0.2) is 35.8 Å². The van der Waals surface area contributed by atoms with Crippen LogP contribution in [0.5, 0.6) is 0 Å². The molecular formula is C9H10ClN2O4P. The number of anilines is 1. The van der Waals surface area contributed by atoms with Crippen molar-refractivity contribution in [1.29, 1.82) is 0 Å². The minimum Gasteiger partial charge on any atom is -0.367 e. The Morgan fingerprint density at radius 3 is 2.35 bits per heavy atom. The van der Waals surface area contributed by atoms with Gasteiger partial charge in [-0.05, 0) is 24.3 Å². The molecule has 0 radical (unpaired) electrons. The molecule has 1 aliphatic heterocycles. The van der Waals surface area contributed by atoms with E-state index in [4.69, 9.17) is 21.4 Å². The highest BCUT2D eigenvalue weighted by Crippen LogP contribution is 2.48. The van der Waals surface area contributed by atoms with Crippen LogP contribution in [0.25, 0.3) is 0 Å². The third kappa shape index (κ3) is 2.46. The van der Waals surface area contributed by atoms with Crippen LogP contribution in [0.2, 0.25) is 5.02 Å². The van der Waals surface area contributed by atoms with Gasteiger partial charge >= 0.3 is 7.60 Å². The van der Waals surface area contributed by atoms with Gasteiger partial charge in [0.25, 0.3) is 0 Å². The van der Waals surface area contributed by atoms with Crippen LogP contribution in [0.4, 0.5) is 5.69 Å². The molecule has 1 heterocycles. The van der Waals surface area contributed by atoms with Gasteiger partial charge in [-0.15, -0.1) is 0 Å². The van der Waals surface area contributed by atoms with Crippen LogP contribution in [0, 0.1) is 0 Å². The van der Waals surface area contributed by atoms with Gasteiger partial charge in [0.05, 0.1) is 5.69 Å². The average Bonchev–Trinajstić information content (AvgIpc) is 2.61. The molecule has 0 saturated carbocycles. The molecule has 0 bridgehead atoms. The van der Waals surface area contributed by atoms with Crippen molar-refractivity contribution in [1.82, 2.24) is 5.43 Å². The van der Waals surface area contributed by atoms with Crippen LogP contribution in [-0.2, 0) is 4.57 Å². The molecule has 0 spiro atoms. The zero-order chi connectivity index (χ0) is 12.6. The Bertz CT molecular complexity index is 498. The smallest absolute Gasteiger partial charge is 0.358 e. The summed E-state index contributed by atoms with van der Waals surface area (Å²) >= 11 is 5.72. The van der Waals surface area contributed by atoms with E-state index in [0.29, 0.717) is 10.7 Å². The summed E-state index contributed by atoms with van der Waals surface area (Å²) in [6, 6.07) is 6.46. The molecule has 0 amide bonds. The van der Waals surface area contributed by atoms with Crippen molar-refractivity contribution in [2.24, 2.45) is 0 Å². The Kier molecular flexibility index (Phi) is 3.16. The van der Waals surface area contributed by atoms with E-state index in [0.717, 1.165) is 6.20 Å².